The Kier molecular flexibility index (Phi) is 1.98. The van der Waals surface area contributed by atoms with Crippen LogP contribution in [0.15, 0.2) is 21.5 Å². The van der Waals surface area contributed by atoms with E-state index >= 15 is 0 Å². The van der Waals surface area contributed by atoms with E-state index in [1.54, 1.807) is 6.26 Å². The quantitative estimate of drug-likeness (QED) is 0.775. The Hall–Kier alpha value is -0.680. The molecule has 0 N–H and O–H groups in total. The van der Waals surface area contributed by atoms with E-state index in [2.05, 4.69) is 25.3 Å². The number of rotatable bonds is 1. The lowest BCUT2D eigenvalue weighted by atomic mass is 10.3. The number of furan rings is 1. The van der Waals surface area contributed by atoms with Crippen LogP contribution in [-0.4, -0.2) is 9.36 Å². The molecule has 0 aliphatic carbocycles. The van der Waals surface area contributed by atoms with Gasteiger partial charge in [-0.2, -0.15) is 4.37 Å². The Balaban J connectivity index is 2.50. The first-order valence-corrected chi connectivity index (χ1v) is 4.87. The lowest BCUT2D eigenvalue weighted by molar-refractivity contribution is 0.535. The highest BCUT2D eigenvalue weighted by atomic mass is 79.9. The minimum Gasteiger partial charge on any atom is -0.469 e. The molecule has 5 heteroatoms. The molecule has 0 bridgehead atoms. The Bertz CT molecular complexity index is 396. The van der Waals surface area contributed by atoms with Gasteiger partial charge in [0, 0.05) is 0 Å². The summed E-state index contributed by atoms with van der Waals surface area (Å²) < 4.78 is 9.80. The van der Waals surface area contributed by atoms with E-state index in [4.69, 9.17) is 4.42 Å². The number of aromatic nitrogens is 2. The zero-order chi connectivity index (χ0) is 8.55. The van der Waals surface area contributed by atoms with Crippen molar-refractivity contribution in [3.05, 3.63) is 22.8 Å². The third kappa shape index (κ3) is 1.30. The Morgan fingerprint density at radius 1 is 1.58 bits per heavy atom. The molecule has 0 unspecified atom stereocenters. The monoisotopic (exact) mass is 244 g/mol. The molecule has 0 aliphatic rings. The van der Waals surface area contributed by atoms with Gasteiger partial charge < -0.3 is 4.42 Å². The van der Waals surface area contributed by atoms with E-state index in [0.29, 0.717) is 4.73 Å². The Labute approximate surface area is 81.7 Å². The zero-order valence-electron chi connectivity index (χ0n) is 6.24. The van der Waals surface area contributed by atoms with Crippen molar-refractivity contribution in [1.82, 2.24) is 9.36 Å². The molecule has 3 nitrogen and oxygen atoms in total. The van der Waals surface area contributed by atoms with Crippen molar-refractivity contribution in [2.24, 2.45) is 0 Å². The van der Waals surface area contributed by atoms with Crippen LogP contribution in [0, 0.1) is 6.92 Å². The third-order valence-corrected chi connectivity index (χ3v) is 2.83. The standard InChI is InChI=1S/C7H5BrN2OS/c1-4-5(2-3-11-4)6-9-7(8)10-12-6/h2-3H,1H3. The molecule has 0 aliphatic heterocycles. The van der Waals surface area contributed by atoms with E-state index in [-0.39, 0.29) is 0 Å². The van der Waals surface area contributed by atoms with Crippen molar-refractivity contribution >= 4 is 27.5 Å². The highest BCUT2D eigenvalue weighted by Gasteiger charge is 2.08. The summed E-state index contributed by atoms with van der Waals surface area (Å²) in [5.74, 6) is 0.874. The maximum atomic E-state index is 5.15. The summed E-state index contributed by atoms with van der Waals surface area (Å²) in [6.07, 6.45) is 1.65. The van der Waals surface area contributed by atoms with Crippen LogP contribution < -0.4 is 0 Å². The fraction of sp³-hybridized carbons (Fsp3) is 0.143. The first kappa shape index (κ1) is 7.94. The first-order valence-electron chi connectivity index (χ1n) is 3.31. The van der Waals surface area contributed by atoms with Gasteiger partial charge in [-0.15, -0.1) is 0 Å². The Morgan fingerprint density at radius 3 is 2.92 bits per heavy atom. The van der Waals surface area contributed by atoms with Crippen LogP contribution in [-0.2, 0) is 0 Å². The van der Waals surface area contributed by atoms with Gasteiger partial charge >= 0.3 is 0 Å². The van der Waals surface area contributed by atoms with Gasteiger partial charge in [-0.1, -0.05) is 0 Å². The summed E-state index contributed by atoms with van der Waals surface area (Å²) in [7, 11) is 0. The van der Waals surface area contributed by atoms with Crippen molar-refractivity contribution in [3.8, 4) is 10.6 Å². The Morgan fingerprint density at radius 2 is 2.42 bits per heavy atom. The molecule has 12 heavy (non-hydrogen) atoms. The van der Waals surface area contributed by atoms with Gasteiger partial charge in [0.05, 0.1) is 11.8 Å². The molecule has 0 atom stereocenters. The van der Waals surface area contributed by atoms with Gasteiger partial charge in [0.25, 0.3) is 0 Å². The minimum absolute atomic E-state index is 0.628. The normalized spacial score (nSPS) is 10.5. The smallest absolute Gasteiger partial charge is 0.209 e. The molecule has 0 radical (unpaired) electrons. The molecule has 0 amide bonds. The summed E-state index contributed by atoms with van der Waals surface area (Å²) in [6, 6.07) is 1.89. The second kappa shape index (κ2) is 2.99. The summed E-state index contributed by atoms with van der Waals surface area (Å²) in [6.45, 7) is 1.91. The van der Waals surface area contributed by atoms with E-state index in [1.807, 2.05) is 13.0 Å². The zero-order valence-corrected chi connectivity index (χ0v) is 8.65. The third-order valence-electron chi connectivity index (χ3n) is 1.49. The predicted molar refractivity (Wildman–Crippen MR) is 50.0 cm³/mol. The lowest BCUT2D eigenvalue weighted by Gasteiger charge is -1.88. The number of nitrogens with zero attached hydrogens (tertiary/aromatic N) is 2. The molecule has 0 aromatic carbocycles. The molecule has 2 aromatic rings. The molecule has 2 heterocycles. The number of aryl methyl sites for hydroxylation is 1. The van der Waals surface area contributed by atoms with E-state index in [1.165, 1.54) is 11.5 Å². The average molecular weight is 245 g/mol. The van der Waals surface area contributed by atoms with Gasteiger partial charge in [0.1, 0.15) is 10.8 Å². The molecule has 0 saturated carbocycles. The van der Waals surface area contributed by atoms with Gasteiger partial charge in [0.2, 0.25) is 4.73 Å². The molecule has 0 spiro atoms. The molecule has 2 rings (SSSR count). The number of hydrogen-bond acceptors (Lipinski definition) is 4. The molecule has 0 saturated heterocycles. The van der Waals surface area contributed by atoms with Crippen LogP contribution in [0.1, 0.15) is 5.76 Å². The highest BCUT2D eigenvalue weighted by molar-refractivity contribution is 9.10. The van der Waals surface area contributed by atoms with Crippen LogP contribution in [0.2, 0.25) is 0 Å². The second-order valence-electron chi connectivity index (χ2n) is 2.26. The van der Waals surface area contributed by atoms with Crippen LogP contribution in [0.5, 0.6) is 0 Å². The second-order valence-corrected chi connectivity index (χ2v) is 3.72. The largest absolute Gasteiger partial charge is 0.469 e. The number of hydrogen-bond donors (Lipinski definition) is 0. The summed E-state index contributed by atoms with van der Waals surface area (Å²) >= 11 is 4.55. The maximum absolute atomic E-state index is 5.15. The van der Waals surface area contributed by atoms with Crippen molar-refractivity contribution in [2.45, 2.75) is 6.92 Å². The highest BCUT2D eigenvalue weighted by Crippen LogP contribution is 2.26. The summed E-state index contributed by atoms with van der Waals surface area (Å²) in [5, 5.41) is 0.883. The average Bonchev–Trinajstić information content (AvgIpc) is 2.58. The first-order chi connectivity index (χ1) is 5.77. The minimum atomic E-state index is 0.628. The topological polar surface area (TPSA) is 38.9 Å². The van der Waals surface area contributed by atoms with Crippen LogP contribution in [0.3, 0.4) is 0 Å². The SMILES string of the molecule is Cc1occc1-c1nc(Br)ns1. The van der Waals surface area contributed by atoms with Crippen LogP contribution in [0.4, 0.5) is 0 Å². The maximum Gasteiger partial charge on any atom is 0.209 e. The molecular formula is C7H5BrN2OS. The van der Waals surface area contributed by atoms with Crippen LogP contribution >= 0.6 is 27.5 Å². The molecule has 62 valence electrons. The van der Waals surface area contributed by atoms with Gasteiger partial charge in [-0.25, -0.2) is 4.98 Å². The summed E-state index contributed by atoms with van der Waals surface area (Å²) in [5.41, 5.74) is 1.01. The van der Waals surface area contributed by atoms with Crippen LogP contribution in [0.25, 0.3) is 10.6 Å². The summed E-state index contributed by atoms with van der Waals surface area (Å²) in [4.78, 5) is 4.18. The van der Waals surface area contributed by atoms with Gasteiger partial charge in [-0.05, 0) is 40.5 Å². The van der Waals surface area contributed by atoms with E-state index < -0.39 is 0 Å². The van der Waals surface area contributed by atoms with Crippen molar-refractivity contribution in [1.29, 1.82) is 0 Å². The lowest BCUT2D eigenvalue weighted by Crippen LogP contribution is -1.74. The predicted octanol–water partition coefficient (Wildman–Crippen LogP) is 2.87. The number of halogens is 1. The molecule has 2 aromatic heterocycles. The van der Waals surface area contributed by atoms with Crippen molar-refractivity contribution in [2.75, 3.05) is 0 Å². The van der Waals surface area contributed by atoms with Gasteiger partial charge in [0.15, 0.2) is 0 Å². The van der Waals surface area contributed by atoms with Crippen molar-refractivity contribution < 1.29 is 4.42 Å². The van der Waals surface area contributed by atoms with Crippen molar-refractivity contribution in [3.63, 3.8) is 0 Å². The van der Waals surface area contributed by atoms with E-state index in [0.717, 1.165) is 16.3 Å². The fourth-order valence-corrected chi connectivity index (χ4v) is 2.07. The fourth-order valence-electron chi connectivity index (χ4n) is 0.922. The van der Waals surface area contributed by atoms with E-state index in [9.17, 15) is 0 Å². The molecule has 0 fully saturated rings. The van der Waals surface area contributed by atoms with Gasteiger partial charge in [-0.3, -0.25) is 0 Å². The molecular weight excluding hydrogens is 240 g/mol.